The molecule has 0 aliphatic carbocycles. The first-order valence-corrected chi connectivity index (χ1v) is 5.85. The minimum Gasteiger partial charge on any atom is -0.343 e. The lowest BCUT2D eigenvalue weighted by Crippen LogP contribution is -2.57. The van der Waals surface area contributed by atoms with E-state index in [-0.39, 0.29) is 24.2 Å². The summed E-state index contributed by atoms with van der Waals surface area (Å²) in [5, 5.41) is 2.56. The monoisotopic (exact) mass is 250 g/mol. The lowest BCUT2D eigenvalue weighted by atomic mass is 10.0. The zero-order chi connectivity index (χ0) is 13.3. The highest BCUT2D eigenvalue weighted by Gasteiger charge is 2.33. The van der Waals surface area contributed by atoms with E-state index in [2.05, 4.69) is 5.32 Å². The fraction of sp³-hybridized carbons (Fsp3) is 0.385. The quantitative estimate of drug-likeness (QED) is 0.858. The summed E-state index contributed by atoms with van der Waals surface area (Å²) in [4.78, 5) is 24.8. The van der Waals surface area contributed by atoms with Gasteiger partial charge in [0.2, 0.25) is 11.8 Å². The first-order valence-electron chi connectivity index (χ1n) is 5.85. The predicted molar refractivity (Wildman–Crippen MR) is 64.1 cm³/mol. The molecule has 0 bridgehead atoms. The third kappa shape index (κ3) is 2.20. The number of carbonyl (C=O) groups excluding carboxylic acids is 2. The van der Waals surface area contributed by atoms with Gasteiger partial charge in [-0.25, -0.2) is 4.39 Å². The van der Waals surface area contributed by atoms with Crippen LogP contribution in [-0.2, 0) is 9.59 Å². The molecular formula is C13H15FN2O2. The maximum absolute atomic E-state index is 13.7. The molecule has 1 aliphatic rings. The maximum Gasteiger partial charge on any atom is 0.245 e. The molecule has 1 aromatic carbocycles. The molecule has 1 aliphatic heterocycles. The third-order valence-corrected chi connectivity index (χ3v) is 3.17. The van der Waals surface area contributed by atoms with Gasteiger partial charge in [-0.1, -0.05) is 18.2 Å². The number of hydrogen-bond donors (Lipinski definition) is 1. The van der Waals surface area contributed by atoms with Gasteiger partial charge in [-0.2, -0.15) is 0 Å². The fourth-order valence-corrected chi connectivity index (χ4v) is 2.14. The molecule has 0 spiro atoms. The van der Waals surface area contributed by atoms with Crippen molar-refractivity contribution in [1.29, 1.82) is 0 Å². The Bertz CT molecular complexity index is 490. The smallest absolute Gasteiger partial charge is 0.245 e. The van der Waals surface area contributed by atoms with E-state index in [0.717, 1.165) is 0 Å². The number of amides is 2. The van der Waals surface area contributed by atoms with Crippen LogP contribution >= 0.6 is 0 Å². The minimum absolute atomic E-state index is 0.0291. The molecule has 0 radical (unpaired) electrons. The Kier molecular flexibility index (Phi) is 3.32. The number of nitrogens with zero attached hydrogens (tertiary/aromatic N) is 1. The Morgan fingerprint density at radius 1 is 1.39 bits per heavy atom. The topological polar surface area (TPSA) is 49.4 Å². The molecule has 4 nitrogen and oxygen atoms in total. The Morgan fingerprint density at radius 2 is 2.06 bits per heavy atom. The summed E-state index contributed by atoms with van der Waals surface area (Å²) in [6.07, 6.45) is 0. The summed E-state index contributed by atoms with van der Waals surface area (Å²) in [6, 6.07) is 5.28. The van der Waals surface area contributed by atoms with Crippen LogP contribution in [0.5, 0.6) is 0 Å². The second-order valence-electron chi connectivity index (χ2n) is 4.45. The number of carbonyl (C=O) groups is 2. The van der Waals surface area contributed by atoms with Gasteiger partial charge < -0.3 is 10.2 Å². The van der Waals surface area contributed by atoms with Gasteiger partial charge in [-0.05, 0) is 19.9 Å². The van der Waals surface area contributed by atoms with Crippen molar-refractivity contribution in [2.75, 3.05) is 6.54 Å². The lowest BCUT2D eigenvalue weighted by Gasteiger charge is -2.35. The molecule has 1 saturated heterocycles. The molecule has 1 heterocycles. The fourth-order valence-electron chi connectivity index (χ4n) is 2.14. The zero-order valence-corrected chi connectivity index (χ0v) is 10.3. The van der Waals surface area contributed by atoms with Gasteiger partial charge in [0.1, 0.15) is 18.4 Å². The Hall–Kier alpha value is -1.91. The van der Waals surface area contributed by atoms with Crippen molar-refractivity contribution in [2.45, 2.75) is 25.9 Å². The predicted octanol–water partition coefficient (Wildman–Crippen LogP) is 1.23. The molecule has 96 valence electrons. The van der Waals surface area contributed by atoms with E-state index in [9.17, 15) is 14.0 Å². The molecule has 1 fully saturated rings. The van der Waals surface area contributed by atoms with E-state index in [1.165, 1.54) is 11.0 Å². The first kappa shape index (κ1) is 12.5. The molecule has 2 amide bonds. The van der Waals surface area contributed by atoms with Crippen LogP contribution in [0, 0.1) is 5.82 Å². The molecule has 18 heavy (non-hydrogen) atoms. The van der Waals surface area contributed by atoms with E-state index in [0.29, 0.717) is 5.56 Å². The lowest BCUT2D eigenvalue weighted by molar-refractivity contribution is -0.146. The second-order valence-corrected chi connectivity index (χ2v) is 4.45. The summed E-state index contributed by atoms with van der Waals surface area (Å²) in [5.41, 5.74) is 0.424. The number of benzene rings is 1. The molecule has 0 saturated carbocycles. The molecule has 5 heteroatoms. The van der Waals surface area contributed by atoms with Crippen molar-refractivity contribution in [1.82, 2.24) is 10.2 Å². The number of rotatable bonds is 2. The summed E-state index contributed by atoms with van der Waals surface area (Å²) in [6.45, 7) is 3.32. The van der Waals surface area contributed by atoms with Crippen LogP contribution < -0.4 is 5.32 Å². The van der Waals surface area contributed by atoms with Crippen molar-refractivity contribution in [2.24, 2.45) is 0 Å². The highest BCUT2D eigenvalue weighted by molar-refractivity contribution is 5.94. The SMILES string of the molecule is CC1NC(=O)CN(C(C)c2ccccc2F)C1=O. The first-order chi connectivity index (χ1) is 8.50. The number of hydrogen-bond acceptors (Lipinski definition) is 2. The van der Waals surface area contributed by atoms with Crippen molar-refractivity contribution in [3.8, 4) is 0 Å². The van der Waals surface area contributed by atoms with E-state index in [4.69, 9.17) is 0 Å². The van der Waals surface area contributed by atoms with E-state index < -0.39 is 12.1 Å². The zero-order valence-electron chi connectivity index (χ0n) is 10.3. The van der Waals surface area contributed by atoms with Gasteiger partial charge in [0, 0.05) is 5.56 Å². The van der Waals surface area contributed by atoms with Gasteiger partial charge in [-0.15, -0.1) is 0 Å². The van der Waals surface area contributed by atoms with E-state index >= 15 is 0 Å². The van der Waals surface area contributed by atoms with Crippen molar-refractivity contribution in [3.05, 3.63) is 35.6 Å². The van der Waals surface area contributed by atoms with E-state index in [1.807, 2.05) is 0 Å². The van der Waals surface area contributed by atoms with Crippen molar-refractivity contribution >= 4 is 11.8 Å². The molecule has 2 unspecified atom stereocenters. The summed E-state index contributed by atoms with van der Waals surface area (Å²) in [5.74, 6) is -0.771. The molecule has 1 aromatic rings. The molecule has 2 atom stereocenters. The van der Waals surface area contributed by atoms with Crippen LogP contribution in [-0.4, -0.2) is 29.3 Å². The van der Waals surface area contributed by atoms with Crippen molar-refractivity contribution in [3.63, 3.8) is 0 Å². The van der Waals surface area contributed by atoms with Crippen LogP contribution in [0.1, 0.15) is 25.5 Å². The average molecular weight is 250 g/mol. The van der Waals surface area contributed by atoms with Gasteiger partial charge in [-0.3, -0.25) is 9.59 Å². The molecular weight excluding hydrogens is 235 g/mol. The Morgan fingerprint density at radius 3 is 2.72 bits per heavy atom. The normalized spacial score (nSPS) is 21.7. The van der Waals surface area contributed by atoms with Crippen LogP contribution in [0.4, 0.5) is 4.39 Å². The van der Waals surface area contributed by atoms with Crippen LogP contribution in [0.2, 0.25) is 0 Å². The Balaban J connectivity index is 2.28. The number of nitrogens with one attached hydrogen (secondary N) is 1. The van der Waals surface area contributed by atoms with Gasteiger partial charge >= 0.3 is 0 Å². The molecule has 0 aromatic heterocycles. The van der Waals surface area contributed by atoms with Crippen LogP contribution in [0.3, 0.4) is 0 Å². The second kappa shape index (κ2) is 4.76. The molecule has 1 N–H and O–H groups in total. The highest BCUT2D eigenvalue weighted by atomic mass is 19.1. The molecule has 2 rings (SSSR count). The standard InChI is InChI=1S/C13H15FN2O2/c1-8-13(18)16(7-12(17)15-8)9(2)10-5-3-4-6-11(10)14/h3-6,8-9H,7H2,1-2H3,(H,15,17). The summed E-state index contributed by atoms with van der Waals surface area (Å²) in [7, 11) is 0. The maximum atomic E-state index is 13.7. The van der Waals surface area contributed by atoms with Gasteiger partial charge in [0.25, 0.3) is 0 Å². The average Bonchev–Trinajstić information content (AvgIpc) is 2.33. The summed E-state index contributed by atoms with van der Waals surface area (Å²) >= 11 is 0. The van der Waals surface area contributed by atoms with Crippen molar-refractivity contribution < 1.29 is 14.0 Å². The van der Waals surface area contributed by atoms with Gasteiger partial charge in [0.15, 0.2) is 0 Å². The minimum atomic E-state index is -0.555. The number of piperazine rings is 1. The third-order valence-electron chi connectivity index (χ3n) is 3.17. The summed E-state index contributed by atoms with van der Waals surface area (Å²) < 4.78 is 13.7. The number of halogens is 1. The van der Waals surface area contributed by atoms with E-state index in [1.54, 1.807) is 32.0 Å². The largest absolute Gasteiger partial charge is 0.343 e. The highest BCUT2D eigenvalue weighted by Crippen LogP contribution is 2.24. The van der Waals surface area contributed by atoms with Crippen LogP contribution in [0.15, 0.2) is 24.3 Å². The van der Waals surface area contributed by atoms with Crippen LogP contribution in [0.25, 0.3) is 0 Å². The Labute approximate surface area is 105 Å². The van der Waals surface area contributed by atoms with Gasteiger partial charge in [0.05, 0.1) is 6.04 Å².